The molecule has 0 aromatic heterocycles. The largest absolute Gasteiger partial charge is 0.324 e. The van der Waals surface area contributed by atoms with Crippen LogP contribution in [0.25, 0.3) is 0 Å². The summed E-state index contributed by atoms with van der Waals surface area (Å²) in [7, 11) is 3.01. The van der Waals surface area contributed by atoms with Crippen molar-refractivity contribution in [2.45, 2.75) is 19.3 Å². The fourth-order valence-corrected chi connectivity index (χ4v) is 1.45. The molecule has 15 heavy (non-hydrogen) atoms. The third-order valence-electron chi connectivity index (χ3n) is 2.46. The summed E-state index contributed by atoms with van der Waals surface area (Å²) in [6.07, 6.45) is 3.26. The Morgan fingerprint density at radius 3 is 2.53 bits per heavy atom. The highest BCUT2D eigenvalue weighted by atomic mass is 16.7. The van der Waals surface area contributed by atoms with E-state index in [-0.39, 0.29) is 12.0 Å². The van der Waals surface area contributed by atoms with Crippen molar-refractivity contribution < 1.29 is 9.63 Å². The van der Waals surface area contributed by atoms with Gasteiger partial charge in [-0.05, 0) is 19.3 Å². The molecule has 1 aliphatic heterocycles. The molecule has 6 nitrogen and oxygen atoms in total. The second-order valence-electron chi connectivity index (χ2n) is 3.51. The van der Waals surface area contributed by atoms with Gasteiger partial charge in [-0.2, -0.15) is 0 Å². The van der Waals surface area contributed by atoms with Crippen molar-refractivity contribution >= 4 is 12.0 Å². The number of hydrogen-bond donors (Lipinski definition) is 2. The van der Waals surface area contributed by atoms with Crippen LogP contribution < -0.4 is 5.32 Å². The fourth-order valence-electron chi connectivity index (χ4n) is 1.45. The van der Waals surface area contributed by atoms with E-state index >= 15 is 0 Å². The number of hydroxylamine groups is 2. The Bertz CT molecular complexity index is 238. The molecule has 1 rings (SSSR count). The van der Waals surface area contributed by atoms with Crippen LogP contribution in [0.5, 0.6) is 0 Å². The van der Waals surface area contributed by atoms with Crippen LogP contribution in [0.2, 0.25) is 0 Å². The summed E-state index contributed by atoms with van der Waals surface area (Å²) >= 11 is 0. The molecule has 0 radical (unpaired) electrons. The zero-order chi connectivity index (χ0) is 11.3. The topological polar surface area (TPSA) is 68.7 Å². The van der Waals surface area contributed by atoms with Crippen LogP contribution in [0, 0.1) is 5.41 Å². The molecule has 1 heterocycles. The van der Waals surface area contributed by atoms with Gasteiger partial charge < -0.3 is 4.90 Å². The van der Waals surface area contributed by atoms with Gasteiger partial charge in [0, 0.05) is 20.1 Å². The normalized spacial score (nSPS) is 16.0. The quantitative estimate of drug-likeness (QED) is 0.382. The maximum atomic E-state index is 11.6. The molecule has 0 aliphatic carbocycles. The van der Waals surface area contributed by atoms with Gasteiger partial charge in [-0.1, -0.05) is 0 Å². The number of rotatable bonds is 1. The smallest absolute Gasteiger partial charge is 0.324 e. The Morgan fingerprint density at radius 2 is 2.00 bits per heavy atom. The average molecular weight is 214 g/mol. The molecular weight excluding hydrogens is 196 g/mol. The molecule has 0 bridgehead atoms. The van der Waals surface area contributed by atoms with E-state index in [0.29, 0.717) is 0 Å². The van der Waals surface area contributed by atoms with Crippen molar-refractivity contribution in [2.75, 3.05) is 27.2 Å². The first kappa shape index (κ1) is 11.8. The van der Waals surface area contributed by atoms with Crippen LogP contribution in [0.4, 0.5) is 4.79 Å². The molecule has 0 saturated carbocycles. The number of urea groups is 1. The van der Waals surface area contributed by atoms with Gasteiger partial charge in [0.05, 0.1) is 7.11 Å². The molecule has 0 unspecified atom stereocenters. The minimum atomic E-state index is -0.219. The van der Waals surface area contributed by atoms with Gasteiger partial charge in [-0.15, -0.1) is 0 Å². The molecular formula is C9H18N4O2. The predicted molar refractivity (Wildman–Crippen MR) is 56.5 cm³/mol. The minimum absolute atomic E-state index is 0.0481. The molecule has 0 atom stereocenters. The first-order valence-corrected chi connectivity index (χ1v) is 5.07. The van der Waals surface area contributed by atoms with E-state index in [4.69, 9.17) is 10.2 Å². The van der Waals surface area contributed by atoms with Crippen LogP contribution in [0.3, 0.4) is 0 Å². The summed E-state index contributed by atoms with van der Waals surface area (Å²) in [5.74, 6) is -0.0481. The van der Waals surface area contributed by atoms with E-state index in [2.05, 4.69) is 5.32 Å². The molecule has 2 amide bonds. The van der Waals surface area contributed by atoms with Gasteiger partial charge >= 0.3 is 6.03 Å². The van der Waals surface area contributed by atoms with Crippen molar-refractivity contribution in [3.05, 3.63) is 0 Å². The number of carbonyl (C=O) groups is 1. The molecule has 0 spiro atoms. The van der Waals surface area contributed by atoms with Crippen molar-refractivity contribution in [2.24, 2.45) is 0 Å². The number of hydrogen-bond acceptors (Lipinski definition) is 3. The Balaban J connectivity index is 2.37. The molecule has 0 aromatic rings. The lowest BCUT2D eigenvalue weighted by Gasteiger charge is -2.27. The minimum Gasteiger partial charge on any atom is -0.324 e. The van der Waals surface area contributed by atoms with Gasteiger partial charge in [-0.3, -0.25) is 15.6 Å². The standard InChI is InChI=1S/C9H18N4O2/c1-12(15-2)8(10)11-9(14)13-6-4-3-5-7-13/h3-7H2,1-2H3,(H2,10,11,14). The SMILES string of the molecule is CON(C)C(=N)NC(=O)N1CCCCC1. The van der Waals surface area contributed by atoms with E-state index in [9.17, 15) is 4.79 Å². The number of amides is 2. The van der Waals surface area contributed by atoms with E-state index in [1.54, 1.807) is 11.9 Å². The number of guanidine groups is 1. The zero-order valence-electron chi connectivity index (χ0n) is 9.25. The van der Waals surface area contributed by atoms with Crippen LogP contribution in [-0.2, 0) is 4.84 Å². The molecule has 1 fully saturated rings. The van der Waals surface area contributed by atoms with Crippen molar-refractivity contribution in [1.29, 1.82) is 5.41 Å². The zero-order valence-corrected chi connectivity index (χ0v) is 9.25. The van der Waals surface area contributed by atoms with Crippen molar-refractivity contribution in [1.82, 2.24) is 15.3 Å². The number of piperidine rings is 1. The van der Waals surface area contributed by atoms with E-state index in [0.717, 1.165) is 25.9 Å². The summed E-state index contributed by atoms with van der Waals surface area (Å²) in [6.45, 7) is 1.55. The Kier molecular flexibility index (Phi) is 4.36. The average Bonchev–Trinajstić information content (AvgIpc) is 2.29. The maximum absolute atomic E-state index is 11.6. The van der Waals surface area contributed by atoms with Crippen molar-refractivity contribution in [3.63, 3.8) is 0 Å². The molecule has 1 aliphatic rings. The van der Waals surface area contributed by atoms with Crippen LogP contribution in [0.15, 0.2) is 0 Å². The predicted octanol–water partition coefficient (Wildman–Crippen LogP) is 0.610. The molecule has 6 heteroatoms. The monoisotopic (exact) mass is 214 g/mol. The Labute approximate surface area is 89.6 Å². The number of carbonyl (C=O) groups excluding carboxylic acids is 1. The van der Waals surface area contributed by atoms with Gasteiger partial charge in [0.25, 0.3) is 0 Å². The van der Waals surface area contributed by atoms with Crippen molar-refractivity contribution in [3.8, 4) is 0 Å². The Morgan fingerprint density at radius 1 is 1.40 bits per heavy atom. The van der Waals surface area contributed by atoms with Gasteiger partial charge in [-0.25, -0.2) is 9.86 Å². The molecule has 1 saturated heterocycles. The summed E-state index contributed by atoms with van der Waals surface area (Å²) < 4.78 is 0. The summed E-state index contributed by atoms with van der Waals surface area (Å²) in [5.41, 5.74) is 0. The molecule has 86 valence electrons. The van der Waals surface area contributed by atoms with Crippen LogP contribution >= 0.6 is 0 Å². The first-order chi connectivity index (χ1) is 7.15. The maximum Gasteiger partial charge on any atom is 0.324 e. The number of likely N-dealkylation sites (tertiary alicyclic amines) is 1. The number of nitrogens with zero attached hydrogens (tertiary/aromatic N) is 2. The molecule has 2 N–H and O–H groups in total. The number of nitrogens with one attached hydrogen (secondary N) is 2. The van der Waals surface area contributed by atoms with E-state index < -0.39 is 0 Å². The third-order valence-corrected chi connectivity index (χ3v) is 2.46. The second-order valence-corrected chi connectivity index (χ2v) is 3.51. The summed E-state index contributed by atoms with van der Waals surface area (Å²) in [5, 5.41) is 11.2. The third kappa shape index (κ3) is 3.39. The van der Waals surface area contributed by atoms with Gasteiger partial charge in [0.15, 0.2) is 0 Å². The fraction of sp³-hybridized carbons (Fsp3) is 0.778. The van der Waals surface area contributed by atoms with E-state index in [1.165, 1.54) is 18.6 Å². The van der Waals surface area contributed by atoms with Gasteiger partial charge in [0.1, 0.15) is 0 Å². The second kappa shape index (κ2) is 5.55. The van der Waals surface area contributed by atoms with Crippen LogP contribution in [-0.4, -0.2) is 49.2 Å². The highest BCUT2D eigenvalue weighted by Crippen LogP contribution is 2.08. The van der Waals surface area contributed by atoms with E-state index in [1.807, 2.05) is 0 Å². The highest BCUT2D eigenvalue weighted by Gasteiger charge is 2.18. The van der Waals surface area contributed by atoms with Crippen LogP contribution in [0.1, 0.15) is 19.3 Å². The summed E-state index contributed by atoms with van der Waals surface area (Å²) in [6, 6.07) is -0.219. The first-order valence-electron chi connectivity index (χ1n) is 5.07. The lowest BCUT2D eigenvalue weighted by atomic mass is 10.1. The lowest BCUT2D eigenvalue weighted by molar-refractivity contribution is -0.0455. The summed E-state index contributed by atoms with van der Waals surface area (Å²) in [4.78, 5) is 18.1. The Hall–Kier alpha value is -1.30. The van der Waals surface area contributed by atoms with Gasteiger partial charge in [0.2, 0.25) is 5.96 Å². The molecule has 0 aromatic carbocycles. The lowest BCUT2D eigenvalue weighted by Crippen LogP contribution is -2.49. The highest BCUT2D eigenvalue weighted by molar-refractivity contribution is 5.94.